The van der Waals surface area contributed by atoms with Crippen LogP contribution in [0.1, 0.15) is 0 Å². The SMILES string of the molecule is O=CN1CCN(c2c(F)cc(N3C[C@H](CNc4ccon4)OC3=O)cc2F)CCN1. The number of amides is 2. The number of benzene rings is 1. The first-order chi connectivity index (χ1) is 14.5. The van der Waals surface area contributed by atoms with Crippen molar-refractivity contribution in [2.24, 2.45) is 0 Å². The Kier molecular flexibility index (Phi) is 5.65. The minimum absolute atomic E-state index is 0.0742. The molecule has 30 heavy (non-hydrogen) atoms. The van der Waals surface area contributed by atoms with Crippen LogP contribution in [0.3, 0.4) is 0 Å². The fraction of sp³-hybridized carbons (Fsp3) is 0.389. The topological polar surface area (TPSA) is 103 Å². The predicted octanol–water partition coefficient (Wildman–Crippen LogP) is 1.17. The van der Waals surface area contributed by atoms with Gasteiger partial charge in [0, 0.05) is 37.8 Å². The Hall–Kier alpha value is -3.41. The van der Waals surface area contributed by atoms with Gasteiger partial charge in [0.2, 0.25) is 6.41 Å². The number of hydrogen-bond acceptors (Lipinski definition) is 8. The van der Waals surface area contributed by atoms with Crippen molar-refractivity contribution in [2.75, 3.05) is 54.4 Å². The highest BCUT2D eigenvalue weighted by atomic mass is 19.1. The highest BCUT2D eigenvalue weighted by Crippen LogP contribution is 2.31. The van der Waals surface area contributed by atoms with Crippen LogP contribution in [0.4, 0.5) is 30.8 Å². The second kappa shape index (κ2) is 8.53. The monoisotopic (exact) mass is 422 g/mol. The number of cyclic esters (lactones) is 1. The summed E-state index contributed by atoms with van der Waals surface area (Å²) < 4.78 is 39.6. The average Bonchev–Trinajstić information content (AvgIpc) is 3.30. The molecule has 0 aliphatic carbocycles. The van der Waals surface area contributed by atoms with Gasteiger partial charge < -0.3 is 19.5 Å². The van der Waals surface area contributed by atoms with E-state index in [2.05, 4.69) is 15.9 Å². The van der Waals surface area contributed by atoms with Gasteiger partial charge in [-0.1, -0.05) is 5.16 Å². The highest BCUT2D eigenvalue weighted by Gasteiger charge is 2.34. The maximum absolute atomic E-state index is 14.8. The minimum atomic E-state index is -0.790. The molecule has 1 aromatic heterocycles. The Morgan fingerprint density at radius 2 is 2.07 bits per heavy atom. The van der Waals surface area contributed by atoms with E-state index in [1.165, 1.54) is 21.1 Å². The lowest BCUT2D eigenvalue weighted by Crippen LogP contribution is -2.37. The van der Waals surface area contributed by atoms with E-state index in [0.29, 0.717) is 25.3 Å². The van der Waals surface area contributed by atoms with Gasteiger partial charge in [0.05, 0.1) is 25.3 Å². The molecular formula is C18H20F2N6O4. The molecule has 0 unspecified atom stereocenters. The van der Waals surface area contributed by atoms with Crippen LogP contribution in [0.5, 0.6) is 0 Å². The van der Waals surface area contributed by atoms with Crippen molar-refractivity contribution in [1.29, 1.82) is 0 Å². The molecule has 4 rings (SSSR count). The van der Waals surface area contributed by atoms with Gasteiger partial charge >= 0.3 is 6.09 Å². The van der Waals surface area contributed by atoms with Crippen molar-refractivity contribution in [3.63, 3.8) is 0 Å². The number of carbonyl (C=O) groups is 2. The molecule has 0 bridgehead atoms. The molecule has 2 aliphatic rings. The van der Waals surface area contributed by atoms with Crippen LogP contribution in [-0.2, 0) is 9.53 Å². The molecular weight excluding hydrogens is 402 g/mol. The second-order valence-corrected chi connectivity index (χ2v) is 6.83. The Morgan fingerprint density at radius 1 is 1.27 bits per heavy atom. The molecule has 1 aromatic carbocycles. The number of rotatable bonds is 6. The van der Waals surface area contributed by atoms with E-state index < -0.39 is 23.8 Å². The number of nitrogens with one attached hydrogen (secondary N) is 2. The van der Waals surface area contributed by atoms with Crippen molar-refractivity contribution < 1.29 is 27.6 Å². The van der Waals surface area contributed by atoms with Crippen molar-refractivity contribution in [1.82, 2.24) is 15.6 Å². The largest absolute Gasteiger partial charge is 0.442 e. The van der Waals surface area contributed by atoms with Gasteiger partial charge in [-0.05, 0) is 0 Å². The number of hydrazine groups is 1. The molecule has 2 aliphatic heterocycles. The molecule has 0 saturated carbocycles. The van der Waals surface area contributed by atoms with Crippen molar-refractivity contribution in [3.8, 4) is 0 Å². The van der Waals surface area contributed by atoms with E-state index in [1.54, 1.807) is 6.07 Å². The number of carbonyl (C=O) groups excluding carboxylic acids is 2. The number of ether oxygens (including phenoxy) is 1. The predicted molar refractivity (Wildman–Crippen MR) is 102 cm³/mol. The summed E-state index contributed by atoms with van der Waals surface area (Å²) in [5.41, 5.74) is 2.74. The maximum Gasteiger partial charge on any atom is 0.414 e. The molecule has 2 N–H and O–H groups in total. The van der Waals surface area contributed by atoms with Crippen LogP contribution >= 0.6 is 0 Å². The molecule has 10 nitrogen and oxygen atoms in total. The molecule has 2 fully saturated rings. The minimum Gasteiger partial charge on any atom is -0.442 e. The first-order valence-corrected chi connectivity index (χ1v) is 9.37. The zero-order valence-corrected chi connectivity index (χ0v) is 15.9. The summed E-state index contributed by atoms with van der Waals surface area (Å²) >= 11 is 0. The lowest BCUT2D eigenvalue weighted by Gasteiger charge is -2.24. The summed E-state index contributed by atoms with van der Waals surface area (Å²) in [5.74, 6) is -1.09. The summed E-state index contributed by atoms with van der Waals surface area (Å²) in [6, 6.07) is 3.84. The molecule has 0 radical (unpaired) electrons. The average molecular weight is 422 g/mol. The van der Waals surface area contributed by atoms with E-state index in [9.17, 15) is 18.4 Å². The molecule has 2 saturated heterocycles. The zero-order valence-electron chi connectivity index (χ0n) is 15.9. The molecule has 2 aromatic rings. The van der Waals surface area contributed by atoms with Crippen LogP contribution in [0.25, 0.3) is 0 Å². The number of aromatic nitrogens is 1. The van der Waals surface area contributed by atoms with Gasteiger partial charge in [-0.2, -0.15) is 0 Å². The van der Waals surface area contributed by atoms with Crippen LogP contribution < -0.4 is 20.5 Å². The van der Waals surface area contributed by atoms with E-state index in [1.807, 2.05) is 0 Å². The van der Waals surface area contributed by atoms with Crippen molar-refractivity contribution >= 4 is 29.7 Å². The summed E-state index contributed by atoms with van der Waals surface area (Å²) in [6.07, 6.45) is 0.825. The third kappa shape index (κ3) is 4.13. The van der Waals surface area contributed by atoms with Gasteiger partial charge in [0.1, 0.15) is 18.1 Å². The zero-order chi connectivity index (χ0) is 21.1. The molecule has 1 atom stereocenters. The standard InChI is InChI=1S/C18H20F2N6O4/c19-14-7-12(8-15(20)17(14)24-3-2-22-25(11-27)5-4-24)26-10-13(30-18(26)28)9-21-16-1-6-29-23-16/h1,6-8,11,13,22H,2-5,9-10H2,(H,21,23)/t13-/m0/s1. The maximum atomic E-state index is 14.8. The number of halogens is 2. The first kappa shape index (κ1) is 19.9. The first-order valence-electron chi connectivity index (χ1n) is 9.37. The van der Waals surface area contributed by atoms with Gasteiger partial charge in [-0.3, -0.25) is 14.7 Å². The van der Waals surface area contributed by atoms with E-state index >= 15 is 0 Å². The van der Waals surface area contributed by atoms with Gasteiger partial charge in [0.25, 0.3) is 0 Å². The smallest absolute Gasteiger partial charge is 0.414 e. The van der Waals surface area contributed by atoms with E-state index in [0.717, 1.165) is 12.1 Å². The van der Waals surface area contributed by atoms with Gasteiger partial charge in [-0.15, -0.1) is 0 Å². The third-order valence-corrected chi connectivity index (χ3v) is 4.89. The van der Waals surface area contributed by atoms with Crippen molar-refractivity contribution in [3.05, 3.63) is 36.1 Å². The molecule has 0 spiro atoms. The van der Waals surface area contributed by atoms with Crippen LogP contribution in [0.2, 0.25) is 0 Å². The summed E-state index contributed by atoms with van der Waals surface area (Å²) in [4.78, 5) is 25.8. The van der Waals surface area contributed by atoms with Crippen LogP contribution in [0.15, 0.2) is 29.0 Å². The number of nitrogens with zero attached hydrogens (tertiary/aromatic N) is 4. The molecule has 160 valence electrons. The van der Waals surface area contributed by atoms with E-state index in [-0.39, 0.29) is 37.6 Å². The van der Waals surface area contributed by atoms with Crippen molar-refractivity contribution in [2.45, 2.75) is 6.10 Å². The van der Waals surface area contributed by atoms with E-state index in [4.69, 9.17) is 9.26 Å². The summed E-state index contributed by atoms with van der Waals surface area (Å²) in [6.45, 7) is 1.62. The molecule has 12 heteroatoms. The van der Waals surface area contributed by atoms with Gasteiger partial charge in [0.15, 0.2) is 17.5 Å². The number of hydrogen-bond donors (Lipinski definition) is 2. The number of anilines is 3. The quantitative estimate of drug-likeness (QED) is 0.669. The molecule has 3 heterocycles. The Balaban J connectivity index is 1.46. The normalized spacial score (nSPS) is 19.6. The lowest BCUT2D eigenvalue weighted by atomic mass is 10.2. The fourth-order valence-corrected chi connectivity index (χ4v) is 3.43. The molecule has 2 amide bonds. The Morgan fingerprint density at radius 3 is 2.77 bits per heavy atom. The fourth-order valence-electron chi connectivity index (χ4n) is 3.43. The van der Waals surface area contributed by atoms with Crippen LogP contribution in [0, 0.1) is 11.6 Å². The lowest BCUT2D eigenvalue weighted by molar-refractivity contribution is -0.120. The highest BCUT2D eigenvalue weighted by molar-refractivity contribution is 5.90. The Bertz CT molecular complexity index is 889. The summed E-state index contributed by atoms with van der Waals surface area (Å²) in [5, 5.41) is 7.98. The second-order valence-electron chi connectivity index (χ2n) is 6.83. The van der Waals surface area contributed by atoms with Gasteiger partial charge in [-0.25, -0.2) is 19.0 Å². The summed E-state index contributed by atoms with van der Waals surface area (Å²) in [7, 11) is 0. The third-order valence-electron chi connectivity index (χ3n) is 4.89. The Labute approximate surface area is 170 Å². The van der Waals surface area contributed by atoms with Crippen LogP contribution in [-0.4, -0.2) is 68.0 Å².